The maximum absolute atomic E-state index is 13.4. The number of Topliss-reactive ketones (excluding diaryl/α,β-unsaturated/α-hetero) is 1. The van der Waals surface area contributed by atoms with E-state index in [1.807, 2.05) is 0 Å². The van der Waals surface area contributed by atoms with Crippen LogP contribution in [0.15, 0.2) is 18.2 Å². The average Bonchev–Trinajstić information content (AvgIpc) is 2.34. The van der Waals surface area contributed by atoms with Crippen LogP contribution < -0.4 is 0 Å². The fraction of sp³-hybridized carbons (Fsp3) is 0.385. The number of rotatable bonds is 2. The number of amides is 1. The van der Waals surface area contributed by atoms with Crippen molar-refractivity contribution >= 4 is 11.7 Å². The number of likely N-dealkylation sites (tertiary alicyclic amines) is 1. The second-order valence-corrected chi connectivity index (χ2v) is 4.33. The van der Waals surface area contributed by atoms with Gasteiger partial charge < -0.3 is 4.90 Å². The van der Waals surface area contributed by atoms with Gasteiger partial charge in [-0.05, 0) is 18.6 Å². The monoisotopic (exact) mass is 253 g/mol. The summed E-state index contributed by atoms with van der Waals surface area (Å²) in [5.74, 6) is -1.88. The number of nitrogens with zero attached hydrogens (tertiary/aromatic N) is 1. The zero-order valence-corrected chi connectivity index (χ0v) is 9.79. The first-order valence-electron chi connectivity index (χ1n) is 5.80. The highest BCUT2D eigenvalue weighted by Crippen LogP contribution is 2.15. The average molecular weight is 253 g/mol. The van der Waals surface area contributed by atoms with Gasteiger partial charge in [0.15, 0.2) is 5.78 Å². The molecular weight excluding hydrogens is 240 g/mol. The van der Waals surface area contributed by atoms with Crippen LogP contribution in [0.25, 0.3) is 0 Å². The first kappa shape index (κ1) is 12.7. The molecule has 0 aliphatic carbocycles. The SMILES string of the molecule is O=C1CCCN(C(=O)Cc2c(F)cccc2F)C1. The Morgan fingerprint density at radius 2 is 1.94 bits per heavy atom. The Morgan fingerprint density at radius 3 is 2.56 bits per heavy atom. The fourth-order valence-electron chi connectivity index (χ4n) is 2.02. The fourth-order valence-corrected chi connectivity index (χ4v) is 2.02. The van der Waals surface area contributed by atoms with E-state index in [0.717, 1.165) is 12.1 Å². The van der Waals surface area contributed by atoms with Gasteiger partial charge in [0.25, 0.3) is 0 Å². The molecule has 1 amide bonds. The van der Waals surface area contributed by atoms with Crippen LogP contribution in [-0.2, 0) is 16.0 Å². The van der Waals surface area contributed by atoms with Crippen LogP contribution in [-0.4, -0.2) is 29.7 Å². The molecule has 1 aromatic rings. The number of benzene rings is 1. The van der Waals surface area contributed by atoms with Crippen molar-refractivity contribution in [3.8, 4) is 0 Å². The van der Waals surface area contributed by atoms with Crippen LogP contribution in [0.2, 0.25) is 0 Å². The third kappa shape index (κ3) is 2.72. The maximum Gasteiger partial charge on any atom is 0.227 e. The second kappa shape index (κ2) is 5.25. The highest BCUT2D eigenvalue weighted by atomic mass is 19.1. The Labute approximate surface area is 103 Å². The molecule has 1 aromatic carbocycles. The van der Waals surface area contributed by atoms with Gasteiger partial charge in [-0.3, -0.25) is 9.59 Å². The van der Waals surface area contributed by atoms with Gasteiger partial charge in [0.05, 0.1) is 13.0 Å². The number of halogens is 2. The first-order chi connectivity index (χ1) is 8.58. The summed E-state index contributed by atoms with van der Waals surface area (Å²) in [6, 6.07) is 3.49. The Morgan fingerprint density at radius 1 is 1.28 bits per heavy atom. The molecule has 0 unspecified atom stereocenters. The third-order valence-electron chi connectivity index (χ3n) is 2.99. The van der Waals surface area contributed by atoms with Gasteiger partial charge in [0.1, 0.15) is 11.6 Å². The molecule has 0 radical (unpaired) electrons. The van der Waals surface area contributed by atoms with Gasteiger partial charge in [0, 0.05) is 18.5 Å². The minimum Gasteiger partial charge on any atom is -0.335 e. The van der Waals surface area contributed by atoms with E-state index in [4.69, 9.17) is 0 Å². The standard InChI is InChI=1S/C13H13F2NO2/c14-11-4-1-5-12(15)10(11)7-13(18)16-6-2-3-9(17)8-16/h1,4-5H,2-3,6-8H2. The quantitative estimate of drug-likeness (QED) is 0.804. The molecule has 1 fully saturated rings. The molecule has 18 heavy (non-hydrogen) atoms. The van der Waals surface area contributed by atoms with Gasteiger partial charge in [0.2, 0.25) is 5.91 Å². The van der Waals surface area contributed by atoms with Crippen molar-refractivity contribution in [3.63, 3.8) is 0 Å². The smallest absolute Gasteiger partial charge is 0.227 e. The Bertz CT molecular complexity index is 468. The van der Waals surface area contributed by atoms with Crippen molar-refractivity contribution in [2.24, 2.45) is 0 Å². The topological polar surface area (TPSA) is 37.4 Å². The maximum atomic E-state index is 13.4. The van der Waals surface area contributed by atoms with Crippen LogP contribution in [0.3, 0.4) is 0 Å². The molecule has 0 aromatic heterocycles. The summed E-state index contributed by atoms with van der Waals surface area (Å²) in [6.45, 7) is 0.523. The largest absolute Gasteiger partial charge is 0.335 e. The lowest BCUT2D eigenvalue weighted by molar-refractivity contribution is -0.137. The Balaban J connectivity index is 2.09. The summed E-state index contributed by atoms with van der Waals surface area (Å²) < 4.78 is 26.8. The minimum absolute atomic E-state index is 0.0106. The summed E-state index contributed by atoms with van der Waals surface area (Å²) in [6.07, 6.45) is 0.744. The van der Waals surface area contributed by atoms with Crippen molar-refractivity contribution < 1.29 is 18.4 Å². The van der Waals surface area contributed by atoms with Gasteiger partial charge in [-0.1, -0.05) is 6.07 Å². The van der Waals surface area contributed by atoms with Crippen LogP contribution in [0, 0.1) is 11.6 Å². The second-order valence-electron chi connectivity index (χ2n) is 4.33. The number of carbonyl (C=O) groups is 2. The normalized spacial score (nSPS) is 15.9. The highest BCUT2D eigenvalue weighted by molar-refractivity contribution is 5.88. The summed E-state index contributed by atoms with van der Waals surface area (Å²) in [7, 11) is 0. The first-order valence-corrected chi connectivity index (χ1v) is 5.80. The molecule has 0 atom stereocenters. The zero-order valence-electron chi connectivity index (χ0n) is 9.79. The molecule has 1 saturated heterocycles. The minimum atomic E-state index is -0.730. The molecule has 0 bridgehead atoms. The van der Waals surface area contributed by atoms with E-state index in [2.05, 4.69) is 0 Å². The summed E-state index contributed by atoms with van der Waals surface area (Å²) in [5.41, 5.74) is -0.236. The third-order valence-corrected chi connectivity index (χ3v) is 2.99. The van der Waals surface area contributed by atoms with E-state index in [0.29, 0.717) is 19.4 Å². The molecule has 1 aliphatic rings. The highest BCUT2D eigenvalue weighted by Gasteiger charge is 2.23. The van der Waals surface area contributed by atoms with Gasteiger partial charge in [-0.15, -0.1) is 0 Å². The molecule has 96 valence electrons. The van der Waals surface area contributed by atoms with Crippen LogP contribution in [0.5, 0.6) is 0 Å². The van der Waals surface area contributed by atoms with Gasteiger partial charge in [-0.2, -0.15) is 0 Å². The lowest BCUT2D eigenvalue weighted by Crippen LogP contribution is -2.41. The molecule has 2 rings (SSSR count). The van der Waals surface area contributed by atoms with Crippen molar-refractivity contribution in [1.82, 2.24) is 4.90 Å². The number of piperidine rings is 1. The van der Waals surface area contributed by atoms with E-state index >= 15 is 0 Å². The van der Waals surface area contributed by atoms with Crippen LogP contribution in [0.1, 0.15) is 18.4 Å². The molecule has 0 N–H and O–H groups in total. The predicted octanol–water partition coefficient (Wildman–Crippen LogP) is 1.70. The van der Waals surface area contributed by atoms with E-state index in [1.54, 1.807) is 0 Å². The van der Waals surface area contributed by atoms with E-state index < -0.39 is 17.5 Å². The molecular formula is C13H13F2NO2. The summed E-state index contributed by atoms with van der Waals surface area (Å²) in [5, 5.41) is 0. The molecule has 1 aliphatic heterocycles. The molecule has 5 heteroatoms. The van der Waals surface area contributed by atoms with Crippen molar-refractivity contribution in [1.29, 1.82) is 0 Å². The van der Waals surface area contributed by atoms with Gasteiger partial charge >= 0.3 is 0 Å². The number of carbonyl (C=O) groups excluding carboxylic acids is 2. The number of hydrogen-bond donors (Lipinski definition) is 0. The molecule has 0 spiro atoms. The van der Waals surface area contributed by atoms with Crippen molar-refractivity contribution in [2.75, 3.05) is 13.1 Å². The number of hydrogen-bond acceptors (Lipinski definition) is 2. The lowest BCUT2D eigenvalue weighted by atomic mass is 10.1. The molecule has 1 heterocycles. The van der Waals surface area contributed by atoms with E-state index in [-0.39, 0.29) is 24.3 Å². The van der Waals surface area contributed by atoms with E-state index in [9.17, 15) is 18.4 Å². The van der Waals surface area contributed by atoms with Crippen molar-refractivity contribution in [3.05, 3.63) is 35.4 Å². The lowest BCUT2D eigenvalue weighted by Gasteiger charge is -2.25. The van der Waals surface area contributed by atoms with Crippen molar-refractivity contribution in [2.45, 2.75) is 19.3 Å². The van der Waals surface area contributed by atoms with Crippen LogP contribution >= 0.6 is 0 Å². The summed E-state index contributed by atoms with van der Waals surface area (Å²) >= 11 is 0. The zero-order chi connectivity index (χ0) is 13.1. The van der Waals surface area contributed by atoms with Gasteiger partial charge in [-0.25, -0.2) is 8.78 Å². The predicted molar refractivity (Wildman–Crippen MR) is 60.9 cm³/mol. The Hall–Kier alpha value is -1.78. The number of ketones is 1. The summed E-state index contributed by atoms with van der Waals surface area (Å²) in [4.78, 5) is 24.4. The molecule has 0 saturated carbocycles. The Kier molecular flexibility index (Phi) is 3.69. The van der Waals surface area contributed by atoms with Crippen LogP contribution in [0.4, 0.5) is 8.78 Å². The molecule has 3 nitrogen and oxygen atoms in total. The van der Waals surface area contributed by atoms with E-state index in [1.165, 1.54) is 11.0 Å².